The maximum absolute atomic E-state index is 14.0. The van der Waals surface area contributed by atoms with E-state index in [1.54, 1.807) is 20.8 Å². The van der Waals surface area contributed by atoms with Gasteiger partial charge in [0.25, 0.3) is 0 Å². The molecule has 1 saturated heterocycles. The highest BCUT2D eigenvalue weighted by molar-refractivity contribution is 7.89. The molecule has 0 spiro atoms. The van der Waals surface area contributed by atoms with Crippen molar-refractivity contribution < 1.29 is 17.6 Å². The molecule has 134 valence electrons. The van der Waals surface area contributed by atoms with E-state index in [2.05, 4.69) is 15.4 Å². The number of hydrogen-bond acceptors (Lipinski definition) is 4. The maximum Gasteiger partial charge on any atom is 0.244 e. The molecular weight excluding hydrogens is 333 g/mol. The first kappa shape index (κ1) is 18.8. The van der Waals surface area contributed by atoms with Gasteiger partial charge in [0.05, 0.1) is 0 Å². The summed E-state index contributed by atoms with van der Waals surface area (Å²) in [6.07, 6.45) is 0. The number of benzene rings is 1. The summed E-state index contributed by atoms with van der Waals surface area (Å²) in [7, 11) is -4.02. The second kappa shape index (κ2) is 6.78. The number of halogens is 1. The van der Waals surface area contributed by atoms with E-state index in [1.807, 2.05) is 6.92 Å². The monoisotopic (exact) mass is 357 g/mol. The molecule has 1 aromatic rings. The van der Waals surface area contributed by atoms with Crippen LogP contribution in [0.1, 0.15) is 27.7 Å². The number of carbonyl (C=O) groups is 1. The smallest absolute Gasteiger partial charge is 0.244 e. The van der Waals surface area contributed by atoms with Gasteiger partial charge in [-0.15, -0.1) is 0 Å². The van der Waals surface area contributed by atoms with Gasteiger partial charge in [-0.1, -0.05) is 6.92 Å². The summed E-state index contributed by atoms with van der Waals surface area (Å²) in [5, 5.41) is 5.77. The van der Waals surface area contributed by atoms with Gasteiger partial charge in [0, 0.05) is 17.1 Å². The second-order valence-corrected chi connectivity index (χ2v) is 8.85. The zero-order valence-electron chi connectivity index (χ0n) is 14.3. The topological polar surface area (TPSA) is 87.3 Å². The lowest BCUT2D eigenvalue weighted by atomic mass is 9.88. The van der Waals surface area contributed by atoms with Gasteiger partial charge in [-0.25, -0.2) is 17.5 Å². The minimum atomic E-state index is -4.02. The normalized spacial score (nSPS) is 17.2. The van der Waals surface area contributed by atoms with Crippen molar-refractivity contribution in [1.29, 1.82) is 0 Å². The van der Waals surface area contributed by atoms with Crippen molar-refractivity contribution in [2.24, 2.45) is 11.8 Å². The Morgan fingerprint density at radius 3 is 2.46 bits per heavy atom. The van der Waals surface area contributed by atoms with Gasteiger partial charge in [-0.2, -0.15) is 0 Å². The minimum absolute atomic E-state index is 0.205. The van der Waals surface area contributed by atoms with Crippen molar-refractivity contribution in [3.05, 3.63) is 24.0 Å². The Kier molecular flexibility index (Phi) is 5.31. The van der Waals surface area contributed by atoms with Crippen LogP contribution in [0.3, 0.4) is 0 Å². The molecule has 1 aliphatic heterocycles. The Morgan fingerprint density at radius 1 is 1.33 bits per heavy atom. The fraction of sp³-hybridized carbons (Fsp3) is 0.562. The first-order valence-corrected chi connectivity index (χ1v) is 9.33. The fourth-order valence-corrected chi connectivity index (χ4v) is 3.90. The molecule has 6 nitrogen and oxygen atoms in total. The van der Waals surface area contributed by atoms with Crippen LogP contribution in [0.4, 0.5) is 10.1 Å². The average molecular weight is 357 g/mol. The van der Waals surface area contributed by atoms with E-state index in [4.69, 9.17) is 0 Å². The minimum Gasteiger partial charge on any atom is -0.326 e. The van der Waals surface area contributed by atoms with Crippen LogP contribution >= 0.6 is 0 Å². The van der Waals surface area contributed by atoms with Gasteiger partial charge < -0.3 is 10.6 Å². The fourth-order valence-electron chi connectivity index (χ4n) is 2.38. The van der Waals surface area contributed by atoms with E-state index in [0.717, 1.165) is 25.2 Å². The van der Waals surface area contributed by atoms with E-state index in [-0.39, 0.29) is 23.4 Å². The van der Waals surface area contributed by atoms with E-state index >= 15 is 0 Å². The molecule has 0 radical (unpaired) electrons. The number of hydrogen-bond donors (Lipinski definition) is 3. The van der Waals surface area contributed by atoms with Gasteiger partial charge in [-0.3, -0.25) is 4.79 Å². The molecule has 8 heteroatoms. The maximum atomic E-state index is 14.0. The molecule has 1 aliphatic rings. The molecule has 2 rings (SSSR count). The highest BCUT2D eigenvalue weighted by Crippen LogP contribution is 2.23. The Labute approximate surface area is 142 Å². The Morgan fingerprint density at radius 2 is 1.96 bits per heavy atom. The summed E-state index contributed by atoms with van der Waals surface area (Å²) >= 11 is 0. The highest BCUT2D eigenvalue weighted by Gasteiger charge is 2.29. The van der Waals surface area contributed by atoms with Gasteiger partial charge in [0.15, 0.2) is 0 Å². The van der Waals surface area contributed by atoms with Gasteiger partial charge in [-0.05, 0) is 58.0 Å². The molecule has 1 unspecified atom stereocenters. The van der Waals surface area contributed by atoms with Crippen molar-refractivity contribution in [2.75, 3.05) is 18.4 Å². The third-order valence-corrected chi connectivity index (χ3v) is 5.64. The number of anilines is 1. The quantitative estimate of drug-likeness (QED) is 0.748. The number of rotatable bonds is 5. The van der Waals surface area contributed by atoms with E-state index in [9.17, 15) is 17.6 Å². The molecule has 0 aliphatic carbocycles. The van der Waals surface area contributed by atoms with Crippen LogP contribution in [-0.4, -0.2) is 33.0 Å². The SMILES string of the molecule is CC(C(=O)Nc1ccc(F)c(S(=O)(=O)NC(C)(C)C)c1)C1CNC1. The van der Waals surface area contributed by atoms with E-state index in [0.29, 0.717) is 0 Å². The van der Waals surface area contributed by atoms with Crippen LogP contribution in [0.25, 0.3) is 0 Å². The summed E-state index contributed by atoms with van der Waals surface area (Å²) in [6, 6.07) is 3.55. The van der Waals surface area contributed by atoms with Crippen LogP contribution in [0.15, 0.2) is 23.1 Å². The van der Waals surface area contributed by atoms with Crippen LogP contribution in [0, 0.1) is 17.7 Å². The van der Waals surface area contributed by atoms with E-state index < -0.39 is 26.3 Å². The van der Waals surface area contributed by atoms with Gasteiger partial charge >= 0.3 is 0 Å². The van der Waals surface area contributed by atoms with Gasteiger partial charge in [0.1, 0.15) is 10.7 Å². The largest absolute Gasteiger partial charge is 0.326 e. The standard InChI is InChI=1S/C16H24FN3O3S/c1-10(11-8-18-9-11)15(21)19-12-5-6-13(17)14(7-12)24(22,23)20-16(2,3)4/h5-7,10-11,18,20H,8-9H2,1-4H3,(H,19,21). The number of sulfonamides is 1. The predicted molar refractivity (Wildman–Crippen MR) is 90.6 cm³/mol. The Bertz CT molecular complexity index is 725. The van der Waals surface area contributed by atoms with Crippen molar-refractivity contribution in [3.63, 3.8) is 0 Å². The first-order valence-electron chi connectivity index (χ1n) is 7.85. The molecule has 1 atom stereocenters. The van der Waals surface area contributed by atoms with Gasteiger partial charge in [0.2, 0.25) is 15.9 Å². The van der Waals surface area contributed by atoms with Crippen molar-refractivity contribution in [3.8, 4) is 0 Å². The molecule has 0 aromatic heterocycles. The summed E-state index contributed by atoms with van der Waals surface area (Å²) < 4.78 is 41.1. The molecular formula is C16H24FN3O3S. The number of nitrogens with one attached hydrogen (secondary N) is 3. The first-order chi connectivity index (χ1) is 11.0. The summed E-state index contributed by atoms with van der Waals surface area (Å²) in [5.74, 6) is -1.01. The van der Waals surface area contributed by atoms with Crippen molar-refractivity contribution in [1.82, 2.24) is 10.0 Å². The lowest BCUT2D eigenvalue weighted by molar-refractivity contribution is -0.121. The Balaban J connectivity index is 2.20. The lowest BCUT2D eigenvalue weighted by Gasteiger charge is -2.31. The van der Waals surface area contributed by atoms with E-state index in [1.165, 1.54) is 6.07 Å². The molecule has 1 heterocycles. The molecule has 0 bridgehead atoms. The molecule has 1 fully saturated rings. The lowest BCUT2D eigenvalue weighted by Crippen LogP contribution is -2.48. The average Bonchev–Trinajstić information content (AvgIpc) is 2.35. The zero-order valence-corrected chi connectivity index (χ0v) is 15.1. The van der Waals surface area contributed by atoms with Crippen LogP contribution < -0.4 is 15.4 Å². The van der Waals surface area contributed by atoms with Crippen molar-refractivity contribution >= 4 is 21.6 Å². The summed E-state index contributed by atoms with van der Waals surface area (Å²) in [4.78, 5) is 11.7. The highest BCUT2D eigenvalue weighted by atomic mass is 32.2. The van der Waals surface area contributed by atoms with Crippen molar-refractivity contribution in [2.45, 2.75) is 38.1 Å². The molecule has 3 N–H and O–H groups in total. The number of amides is 1. The second-order valence-electron chi connectivity index (χ2n) is 7.20. The van der Waals surface area contributed by atoms with Crippen LogP contribution in [0.5, 0.6) is 0 Å². The summed E-state index contributed by atoms with van der Waals surface area (Å²) in [5.41, 5.74) is -0.481. The van der Waals surface area contributed by atoms with Crippen LogP contribution in [0.2, 0.25) is 0 Å². The molecule has 1 aromatic carbocycles. The Hall–Kier alpha value is -1.51. The summed E-state index contributed by atoms with van der Waals surface area (Å²) in [6.45, 7) is 8.40. The molecule has 1 amide bonds. The third kappa shape index (κ3) is 4.52. The molecule has 24 heavy (non-hydrogen) atoms. The van der Waals surface area contributed by atoms with Crippen LogP contribution in [-0.2, 0) is 14.8 Å². The zero-order chi connectivity index (χ0) is 18.1. The number of carbonyl (C=O) groups excluding carboxylic acids is 1. The molecule has 0 saturated carbocycles. The third-order valence-electron chi connectivity index (χ3n) is 3.86. The predicted octanol–water partition coefficient (Wildman–Crippen LogP) is 1.70.